The van der Waals surface area contributed by atoms with Gasteiger partial charge in [-0.25, -0.2) is 12.8 Å². The van der Waals surface area contributed by atoms with Gasteiger partial charge >= 0.3 is 0 Å². The molecule has 0 aliphatic carbocycles. The molecule has 1 amide bonds. The maximum atomic E-state index is 13.8. The summed E-state index contributed by atoms with van der Waals surface area (Å²) < 4.78 is 41.8. The van der Waals surface area contributed by atoms with Crippen LogP contribution in [0.1, 0.15) is 37.7 Å². The van der Waals surface area contributed by atoms with Crippen molar-refractivity contribution < 1.29 is 17.6 Å². The number of carbonyl (C=O) groups is 1. The van der Waals surface area contributed by atoms with Crippen molar-refractivity contribution in [1.82, 2.24) is 19.5 Å². The molecular formula is C24H31FN4O3S. The fourth-order valence-corrected chi connectivity index (χ4v) is 6.30. The van der Waals surface area contributed by atoms with Gasteiger partial charge in [0, 0.05) is 44.6 Å². The highest BCUT2D eigenvalue weighted by atomic mass is 32.2. The van der Waals surface area contributed by atoms with E-state index in [0.717, 1.165) is 43.9 Å². The third-order valence-corrected chi connectivity index (χ3v) is 8.45. The number of halogens is 1. The Hall–Kier alpha value is -2.36. The van der Waals surface area contributed by atoms with E-state index in [4.69, 9.17) is 0 Å². The molecule has 0 radical (unpaired) electrons. The van der Waals surface area contributed by atoms with Crippen LogP contribution < -0.4 is 5.32 Å². The summed E-state index contributed by atoms with van der Waals surface area (Å²) in [4.78, 5) is 19.4. The van der Waals surface area contributed by atoms with Crippen molar-refractivity contribution in [2.45, 2.75) is 49.6 Å². The van der Waals surface area contributed by atoms with Gasteiger partial charge < -0.3 is 5.32 Å². The minimum Gasteiger partial charge on any atom is -0.356 e. The zero-order valence-electron chi connectivity index (χ0n) is 18.7. The van der Waals surface area contributed by atoms with Crippen molar-refractivity contribution in [3.63, 3.8) is 0 Å². The van der Waals surface area contributed by atoms with Crippen LogP contribution in [0.2, 0.25) is 0 Å². The Bertz CT molecular complexity index is 1050. The number of piperidine rings is 1. The average Bonchev–Trinajstić information content (AvgIpc) is 2.85. The largest absolute Gasteiger partial charge is 0.356 e. The molecule has 2 aromatic rings. The molecule has 0 saturated carbocycles. The lowest BCUT2D eigenvalue weighted by Crippen LogP contribution is -2.57. The van der Waals surface area contributed by atoms with E-state index in [1.165, 1.54) is 22.5 Å². The van der Waals surface area contributed by atoms with E-state index in [-0.39, 0.29) is 35.9 Å². The first kappa shape index (κ1) is 23.8. The summed E-state index contributed by atoms with van der Waals surface area (Å²) in [6, 6.07) is 8.74. The standard InChI is InChI=1S/C24H31FN4O3S/c25-20-6-5-7-21(16-20)33(31,32)29-15-10-22-23(18-29)28(17-19-8-12-26-13-9-19)14-4-2-1-3-11-27-24(22)30/h5-9,12-13,16,22-23H,1-4,10-11,14-15,17-18H2,(H,27,30)/t22-,23-/m1/s1. The van der Waals surface area contributed by atoms with Crippen LogP contribution in [0.5, 0.6) is 0 Å². The van der Waals surface area contributed by atoms with Gasteiger partial charge in [0.2, 0.25) is 15.9 Å². The molecule has 3 heterocycles. The first-order valence-electron chi connectivity index (χ1n) is 11.6. The molecule has 2 aliphatic rings. The Kier molecular flexibility index (Phi) is 7.72. The van der Waals surface area contributed by atoms with Crippen LogP contribution in [0.25, 0.3) is 0 Å². The fraction of sp³-hybridized carbons (Fsp3) is 0.500. The predicted molar refractivity (Wildman–Crippen MR) is 123 cm³/mol. The molecule has 0 bridgehead atoms. The van der Waals surface area contributed by atoms with E-state index in [1.807, 2.05) is 12.1 Å². The van der Waals surface area contributed by atoms with Crippen molar-refractivity contribution in [2.24, 2.45) is 5.92 Å². The SMILES string of the molecule is O=C1NCCCCCCN(Cc2ccncc2)[C@@H]2CN(S(=O)(=O)c3cccc(F)c3)CC[C@@H]12. The molecule has 0 unspecified atom stereocenters. The quantitative estimate of drug-likeness (QED) is 0.737. The molecule has 33 heavy (non-hydrogen) atoms. The van der Waals surface area contributed by atoms with E-state index < -0.39 is 15.8 Å². The monoisotopic (exact) mass is 474 g/mol. The van der Waals surface area contributed by atoms with Gasteiger partial charge in [0.25, 0.3) is 0 Å². The number of nitrogens with one attached hydrogen (secondary N) is 1. The Morgan fingerprint density at radius 1 is 1.06 bits per heavy atom. The molecule has 4 rings (SSSR count). The lowest BCUT2D eigenvalue weighted by molar-refractivity contribution is -0.129. The highest BCUT2D eigenvalue weighted by molar-refractivity contribution is 7.89. The first-order valence-corrected chi connectivity index (χ1v) is 13.1. The van der Waals surface area contributed by atoms with Gasteiger partial charge in [-0.2, -0.15) is 4.31 Å². The first-order chi connectivity index (χ1) is 15.9. The maximum absolute atomic E-state index is 13.8. The Morgan fingerprint density at radius 3 is 2.64 bits per heavy atom. The van der Waals surface area contributed by atoms with Crippen molar-refractivity contribution in [1.29, 1.82) is 0 Å². The lowest BCUT2D eigenvalue weighted by Gasteiger charge is -2.43. The minimum absolute atomic E-state index is 0.00979. The van der Waals surface area contributed by atoms with Gasteiger partial charge in [-0.1, -0.05) is 18.9 Å². The summed E-state index contributed by atoms with van der Waals surface area (Å²) in [5.74, 6) is -0.895. The number of aromatic nitrogens is 1. The van der Waals surface area contributed by atoms with Crippen LogP contribution in [0.3, 0.4) is 0 Å². The number of benzene rings is 1. The molecule has 1 aromatic heterocycles. The van der Waals surface area contributed by atoms with Crippen LogP contribution in [0, 0.1) is 11.7 Å². The Balaban J connectivity index is 1.64. The number of nitrogens with zero attached hydrogens (tertiary/aromatic N) is 3. The Labute approximate surface area is 195 Å². The molecule has 2 saturated heterocycles. The molecule has 1 N–H and O–H groups in total. The zero-order valence-corrected chi connectivity index (χ0v) is 19.5. The summed E-state index contributed by atoms with van der Waals surface area (Å²) in [6.45, 7) is 2.48. The molecule has 2 fully saturated rings. The summed E-state index contributed by atoms with van der Waals surface area (Å²) in [5, 5.41) is 3.06. The normalized spacial score (nSPS) is 23.8. The molecule has 0 spiro atoms. The van der Waals surface area contributed by atoms with E-state index in [0.29, 0.717) is 19.5 Å². The number of carbonyl (C=O) groups excluding carboxylic acids is 1. The van der Waals surface area contributed by atoms with Crippen LogP contribution in [-0.2, 0) is 21.4 Å². The summed E-state index contributed by atoms with van der Waals surface area (Å²) in [5.41, 5.74) is 1.07. The van der Waals surface area contributed by atoms with E-state index in [9.17, 15) is 17.6 Å². The summed E-state index contributed by atoms with van der Waals surface area (Å²) in [6.07, 6.45) is 7.97. The lowest BCUT2D eigenvalue weighted by atomic mass is 9.90. The number of fused-ring (bicyclic) bond motifs is 1. The number of pyridine rings is 1. The molecular weight excluding hydrogens is 443 g/mol. The van der Waals surface area contributed by atoms with Crippen LogP contribution in [-0.4, -0.2) is 60.7 Å². The second-order valence-corrected chi connectivity index (χ2v) is 10.8. The predicted octanol–water partition coefficient (Wildman–Crippen LogP) is 2.79. The molecule has 2 atom stereocenters. The van der Waals surface area contributed by atoms with Gasteiger partial charge in [0.15, 0.2) is 0 Å². The van der Waals surface area contributed by atoms with Crippen LogP contribution in [0.15, 0.2) is 53.7 Å². The molecule has 7 nitrogen and oxygen atoms in total. The van der Waals surface area contributed by atoms with Gasteiger partial charge in [-0.05, 0) is 61.7 Å². The van der Waals surface area contributed by atoms with E-state index >= 15 is 0 Å². The third-order valence-electron chi connectivity index (χ3n) is 6.59. The van der Waals surface area contributed by atoms with E-state index in [1.54, 1.807) is 12.4 Å². The van der Waals surface area contributed by atoms with Crippen LogP contribution in [0.4, 0.5) is 4.39 Å². The number of hydrogen-bond acceptors (Lipinski definition) is 5. The second kappa shape index (κ2) is 10.7. The van der Waals surface area contributed by atoms with Gasteiger partial charge in [-0.15, -0.1) is 0 Å². The van der Waals surface area contributed by atoms with Gasteiger partial charge in [0.1, 0.15) is 5.82 Å². The topological polar surface area (TPSA) is 82.6 Å². The summed E-state index contributed by atoms with van der Waals surface area (Å²) in [7, 11) is -3.87. The average molecular weight is 475 g/mol. The van der Waals surface area contributed by atoms with Crippen molar-refractivity contribution in [3.05, 3.63) is 60.2 Å². The second-order valence-electron chi connectivity index (χ2n) is 8.81. The van der Waals surface area contributed by atoms with Crippen molar-refractivity contribution in [2.75, 3.05) is 26.2 Å². The molecule has 178 valence electrons. The zero-order chi connectivity index (χ0) is 23.3. The van der Waals surface area contributed by atoms with Crippen molar-refractivity contribution >= 4 is 15.9 Å². The van der Waals surface area contributed by atoms with Crippen molar-refractivity contribution in [3.8, 4) is 0 Å². The number of sulfonamides is 1. The third kappa shape index (κ3) is 5.77. The number of amides is 1. The number of rotatable bonds is 4. The minimum atomic E-state index is -3.87. The molecule has 9 heteroatoms. The molecule has 1 aromatic carbocycles. The van der Waals surface area contributed by atoms with Crippen LogP contribution >= 0.6 is 0 Å². The molecule has 2 aliphatic heterocycles. The number of hydrogen-bond donors (Lipinski definition) is 1. The van der Waals surface area contributed by atoms with Gasteiger partial charge in [0.05, 0.1) is 10.8 Å². The highest BCUT2D eigenvalue weighted by Crippen LogP contribution is 2.29. The smallest absolute Gasteiger partial charge is 0.243 e. The highest BCUT2D eigenvalue weighted by Gasteiger charge is 2.41. The van der Waals surface area contributed by atoms with E-state index in [2.05, 4.69) is 15.2 Å². The maximum Gasteiger partial charge on any atom is 0.243 e. The Morgan fingerprint density at radius 2 is 1.85 bits per heavy atom. The fourth-order valence-electron chi connectivity index (χ4n) is 4.79. The summed E-state index contributed by atoms with van der Waals surface area (Å²) >= 11 is 0. The van der Waals surface area contributed by atoms with Gasteiger partial charge in [-0.3, -0.25) is 14.7 Å².